The fourth-order valence-corrected chi connectivity index (χ4v) is 4.23. The van der Waals surface area contributed by atoms with Crippen LogP contribution in [-0.4, -0.2) is 47.3 Å². The second-order valence-electron chi connectivity index (χ2n) is 6.87. The van der Waals surface area contributed by atoms with Gasteiger partial charge in [-0.25, -0.2) is 13.1 Å². The summed E-state index contributed by atoms with van der Waals surface area (Å²) in [5.74, 6) is 0.757. The van der Waals surface area contributed by atoms with Crippen LogP contribution in [0.3, 0.4) is 0 Å². The minimum atomic E-state index is -3.12. The van der Waals surface area contributed by atoms with Gasteiger partial charge in [-0.05, 0) is 37.0 Å². The van der Waals surface area contributed by atoms with Crippen LogP contribution in [0.1, 0.15) is 37.7 Å². The smallest absolute Gasteiger partial charge is 0.208 e. The van der Waals surface area contributed by atoms with Gasteiger partial charge in [0, 0.05) is 36.6 Å². The van der Waals surface area contributed by atoms with Crippen molar-refractivity contribution in [3.05, 3.63) is 34.3 Å². The third-order valence-corrected chi connectivity index (χ3v) is 6.10. The van der Waals surface area contributed by atoms with Crippen LogP contribution >= 0.6 is 39.9 Å². The molecule has 1 aliphatic rings. The highest BCUT2D eigenvalue weighted by Gasteiger charge is 2.35. The zero-order valence-corrected chi connectivity index (χ0v) is 20.7. The molecule has 1 aromatic rings. The van der Waals surface area contributed by atoms with Crippen molar-refractivity contribution >= 4 is 55.9 Å². The molecule has 0 bridgehead atoms. The average Bonchev–Trinajstić information content (AvgIpc) is 3.07. The molecule has 1 saturated carbocycles. The van der Waals surface area contributed by atoms with Crippen LogP contribution in [0.2, 0.25) is 0 Å². The van der Waals surface area contributed by atoms with Crippen LogP contribution in [0.25, 0.3) is 0 Å². The third kappa shape index (κ3) is 8.25. The minimum absolute atomic E-state index is 0. The van der Waals surface area contributed by atoms with Gasteiger partial charge in [0.1, 0.15) is 0 Å². The van der Waals surface area contributed by atoms with Gasteiger partial charge >= 0.3 is 0 Å². The van der Waals surface area contributed by atoms with Crippen molar-refractivity contribution < 1.29 is 8.42 Å². The average molecular weight is 573 g/mol. The third-order valence-electron chi connectivity index (χ3n) is 4.85. The first-order valence-corrected chi connectivity index (χ1v) is 11.7. The molecule has 1 fully saturated rings. The Balaban J connectivity index is 0.00000364. The lowest BCUT2D eigenvalue weighted by Gasteiger charge is -2.31. The molecule has 27 heavy (non-hydrogen) atoms. The number of rotatable bonds is 8. The molecule has 0 heterocycles. The Morgan fingerprint density at radius 1 is 1.15 bits per heavy atom. The van der Waals surface area contributed by atoms with Crippen molar-refractivity contribution in [2.24, 2.45) is 4.99 Å². The quantitative estimate of drug-likeness (QED) is 0.194. The van der Waals surface area contributed by atoms with Gasteiger partial charge in [-0.3, -0.25) is 4.99 Å². The van der Waals surface area contributed by atoms with E-state index in [0.717, 1.165) is 17.0 Å². The molecule has 0 atom stereocenters. The lowest BCUT2D eigenvalue weighted by atomic mass is 9.79. The molecule has 0 unspecified atom stereocenters. The van der Waals surface area contributed by atoms with E-state index in [1.165, 1.54) is 37.5 Å². The summed E-state index contributed by atoms with van der Waals surface area (Å²) in [6.45, 7) is 1.93. The summed E-state index contributed by atoms with van der Waals surface area (Å²) in [5, 5.41) is 6.71. The largest absolute Gasteiger partial charge is 0.356 e. The molecule has 0 saturated heterocycles. The predicted octanol–water partition coefficient (Wildman–Crippen LogP) is 2.98. The van der Waals surface area contributed by atoms with Gasteiger partial charge in [0.15, 0.2) is 5.96 Å². The van der Waals surface area contributed by atoms with Gasteiger partial charge in [0.25, 0.3) is 0 Å². The zero-order chi connectivity index (χ0) is 19.0. The zero-order valence-electron chi connectivity index (χ0n) is 15.9. The minimum Gasteiger partial charge on any atom is -0.356 e. The first kappa shape index (κ1) is 24.6. The molecule has 9 heteroatoms. The number of nitrogens with zero attached hydrogens (tertiary/aromatic N) is 1. The Bertz CT molecular complexity index is 705. The van der Waals surface area contributed by atoms with E-state index in [2.05, 4.69) is 60.5 Å². The number of hydrogen-bond donors (Lipinski definition) is 3. The van der Waals surface area contributed by atoms with Crippen LogP contribution in [0.15, 0.2) is 33.7 Å². The van der Waals surface area contributed by atoms with Gasteiger partial charge in [0.2, 0.25) is 10.0 Å². The maximum Gasteiger partial charge on any atom is 0.208 e. The maximum absolute atomic E-state index is 11.1. The van der Waals surface area contributed by atoms with Gasteiger partial charge in [-0.15, -0.1) is 24.0 Å². The number of guanidine groups is 1. The molecule has 3 N–H and O–H groups in total. The Kier molecular flexibility index (Phi) is 10.6. The summed E-state index contributed by atoms with van der Waals surface area (Å²) >= 11 is 3.51. The summed E-state index contributed by atoms with van der Waals surface area (Å²) in [6.07, 6.45) is 6.73. The van der Waals surface area contributed by atoms with Gasteiger partial charge < -0.3 is 10.6 Å². The fraction of sp³-hybridized carbons (Fsp3) is 0.611. The topological polar surface area (TPSA) is 82.6 Å². The van der Waals surface area contributed by atoms with E-state index in [4.69, 9.17) is 0 Å². The second kappa shape index (κ2) is 11.6. The number of halogens is 2. The molecule has 0 aliphatic heterocycles. The Hall–Kier alpha value is -0.390. The lowest BCUT2D eigenvalue weighted by Crippen LogP contribution is -2.45. The van der Waals surface area contributed by atoms with Crippen molar-refractivity contribution in [2.75, 3.05) is 32.9 Å². The second-order valence-corrected chi connectivity index (χ2v) is 9.62. The van der Waals surface area contributed by atoms with E-state index >= 15 is 0 Å². The normalized spacial score (nSPS) is 16.6. The molecule has 0 spiro atoms. The number of benzene rings is 1. The molecule has 2 rings (SSSR count). The van der Waals surface area contributed by atoms with E-state index in [0.29, 0.717) is 19.5 Å². The van der Waals surface area contributed by atoms with E-state index in [1.807, 2.05) is 0 Å². The number of hydrogen-bond acceptors (Lipinski definition) is 3. The molecule has 6 nitrogen and oxygen atoms in total. The van der Waals surface area contributed by atoms with Gasteiger partial charge in [-0.1, -0.05) is 40.9 Å². The van der Waals surface area contributed by atoms with Crippen LogP contribution < -0.4 is 15.4 Å². The molecule has 0 radical (unpaired) electrons. The van der Waals surface area contributed by atoms with E-state index in [9.17, 15) is 8.42 Å². The van der Waals surface area contributed by atoms with Gasteiger partial charge in [0.05, 0.1) is 6.26 Å². The summed E-state index contributed by atoms with van der Waals surface area (Å²) in [4.78, 5) is 4.28. The highest BCUT2D eigenvalue weighted by Crippen LogP contribution is 2.40. The number of aliphatic imine (C=N–C) groups is 1. The van der Waals surface area contributed by atoms with Crippen molar-refractivity contribution in [2.45, 2.75) is 37.5 Å². The fourth-order valence-electron chi connectivity index (χ4n) is 3.45. The summed E-state index contributed by atoms with van der Waals surface area (Å²) in [7, 11) is -1.37. The highest BCUT2D eigenvalue weighted by molar-refractivity contribution is 14.0. The van der Waals surface area contributed by atoms with Crippen LogP contribution in [-0.2, 0) is 15.4 Å². The molecule has 1 aliphatic carbocycles. The first-order valence-electron chi connectivity index (χ1n) is 9.00. The summed E-state index contributed by atoms with van der Waals surface area (Å²) in [5.41, 5.74) is 1.52. The Morgan fingerprint density at radius 2 is 1.78 bits per heavy atom. The van der Waals surface area contributed by atoms with E-state index < -0.39 is 10.0 Å². The Labute approximate surface area is 188 Å². The lowest BCUT2D eigenvalue weighted by molar-refractivity contribution is 0.431. The molecule has 0 aromatic heterocycles. The molecule has 1 aromatic carbocycles. The van der Waals surface area contributed by atoms with Crippen LogP contribution in [0.4, 0.5) is 0 Å². The molecular formula is C18H30BrIN4O2S. The van der Waals surface area contributed by atoms with Crippen molar-refractivity contribution in [1.82, 2.24) is 15.4 Å². The number of sulfonamides is 1. The highest BCUT2D eigenvalue weighted by atomic mass is 127. The first-order chi connectivity index (χ1) is 12.3. The van der Waals surface area contributed by atoms with Crippen LogP contribution in [0.5, 0.6) is 0 Å². The maximum atomic E-state index is 11.1. The monoisotopic (exact) mass is 572 g/mol. The van der Waals surface area contributed by atoms with Crippen molar-refractivity contribution in [3.8, 4) is 0 Å². The van der Waals surface area contributed by atoms with Crippen molar-refractivity contribution in [3.63, 3.8) is 0 Å². The summed E-state index contributed by atoms with van der Waals surface area (Å²) in [6, 6.07) is 8.64. The summed E-state index contributed by atoms with van der Waals surface area (Å²) < 4.78 is 25.7. The van der Waals surface area contributed by atoms with E-state index in [-0.39, 0.29) is 29.4 Å². The standard InChI is InChI=1S/C18H29BrN4O2S.HI/c1-20-17(21-12-5-13-23-26(2,24)25)22-14-18(10-3-4-11-18)15-6-8-16(19)9-7-15;/h6-9,23H,3-5,10-14H2,1-2H3,(H2,20,21,22);1H. The Morgan fingerprint density at radius 3 is 2.33 bits per heavy atom. The predicted molar refractivity (Wildman–Crippen MR) is 127 cm³/mol. The SMILES string of the molecule is CN=C(NCCCNS(C)(=O)=O)NCC1(c2ccc(Br)cc2)CCCC1.I. The van der Waals surface area contributed by atoms with Gasteiger partial charge in [-0.2, -0.15) is 0 Å². The van der Waals surface area contributed by atoms with E-state index in [1.54, 1.807) is 7.05 Å². The number of nitrogens with one attached hydrogen (secondary N) is 3. The molecule has 154 valence electrons. The molecule has 0 amide bonds. The van der Waals surface area contributed by atoms with Crippen molar-refractivity contribution in [1.29, 1.82) is 0 Å². The molecular weight excluding hydrogens is 543 g/mol. The van der Waals surface area contributed by atoms with Crippen LogP contribution in [0, 0.1) is 0 Å².